The molecule has 2 saturated heterocycles. The number of rotatable bonds is 5. The number of anilines is 2. The van der Waals surface area contributed by atoms with Crippen molar-refractivity contribution in [1.82, 2.24) is 19.9 Å². The first-order valence-electron chi connectivity index (χ1n) is 12.3. The second-order valence-electron chi connectivity index (χ2n) is 9.18. The molecular formula is C26H34N6. The highest BCUT2D eigenvalue weighted by Gasteiger charge is 2.21. The maximum Gasteiger partial charge on any atom is 0.225 e. The molecule has 2 aliphatic rings. The summed E-state index contributed by atoms with van der Waals surface area (Å²) in [5, 5.41) is 4.88. The molecule has 6 heteroatoms. The van der Waals surface area contributed by atoms with Crippen LogP contribution in [0.3, 0.4) is 0 Å². The number of nitrogens with zero attached hydrogens (tertiary/aromatic N) is 5. The van der Waals surface area contributed by atoms with Gasteiger partial charge in [0.1, 0.15) is 5.82 Å². The molecule has 5 rings (SSSR count). The van der Waals surface area contributed by atoms with E-state index < -0.39 is 0 Å². The van der Waals surface area contributed by atoms with Gasteiger partial charge in [-0.2, -0.15) is 4.98 Å². The van der Waals surface area contributed by atoms with Crippen molar-refractivity contribution < 1.29 is 0 Å². The Balaban J connectivity index is 1.36. The number of para-hydroxylation sites is 1. The largest absolute Gasteiger partial charge is 0.356 e. The summed E-state index contributed by atoms with van der Waals surface area (Å²) in [6.45, 7) is 5.18. The number of nitrogens with one attached hydrogen (secondary N) is 1. The van der Waals surface area contributed by atoms with Gasteiger partial charge in [0.2, 0.25) is 5.95 Å². The Labute approximate surface area is 191 Å². The van der Waals surface area contributed by atoms with Crippen molar-refractivity contribution in [2.24, 2.45) is 0 Å². The fourth-order valence-electron chi connectivity index (χ4n) is 5.03. The number of pyridine rings is 1. The number of fused-ring (bicyclic) bond motifs is 1. The summed E-state index contributed by atoms with van der Waals surface area (Å²) >= 11 is 0. The van der Waals surface area contributed by atoms with E-state index in [0.717, 1.165) is 67.5 Å². The maximum atomic E-state index is 5.07. The molecule has 2 aliphatic heterocycles. The normalized spacial score (nSPS) is 20.6. The van der Waals surface area contributed by atoms with Crippen LogP contribution in [0.1, 0.15) is 50.6 Å². The van der Waals surface area contributed by atoms with E-state index in [2.05, 4.69) is 56.5 Å². The van der Waals surface area contributed by atoms with Gasteiger partial charge in [-0.25, -0.2) is 4.98 Å². The van der Waals surface area contributed by atoms with Gasteiger partial charge in [0, 0.05) is 43.8 Å². The van der Waals surface area contributed by atoms with Crippen LogP contribution in [-0.4, -0.2) is 52.1 Å². The average molecular weight is 431 g/mol. The number of benzene rings is 1. The highest BCUT2D eigenvalue weighted by molar-refractivity contribution is 5.90. The van der Waals surface area contributed by atoms with Crippen LogP contribution in [-0.2, 0) is 6.54 Å². The van der Waals surface area contributed by atoms with Gasteiger partial charge in [-0.1, -0.05) is 37.5 Å². The average Bonchev–Trinajstić information content (AvgIpc) is 3.22. The zero-order chi connectivity index (χ0) is 21.6. The topological polar surface area (TPSA) is 57.2 Å². The second kappa shape index (κ2) is 10.3. The zero-order valence-electron chi connectivity index (χ0n) is 18.9. The van der Waals surface area contributed by atoms with Crippen LogP contribution in [0.4, 0.5) is 11.8 Å². The zero-order valence-corrected chi connectivity index (χ0v) is 18.9. The molecule has 1 aromatic carbocycles. The van der Waals surface area contributed by atoms with Crippen LogP contribution in [0.25, 0.3) is 10.9 Å². The van der Waals surface area contributed by atoms with Gasteiger partial charge in [0.05, 0.1) is 11.2 Å². The molecule has 0 amide bonds. The van der Waals surface area contributed by atoms with Crippen molar-refractivity contribution in [3.8, 4) is 0 Å². The summed E-state index contributed by atoms with van der Waals surface area (Å²) in [6.07, 6.45) is 10.6. The quantitative estimate of drug-likeness (QED) is 0.623. The first-order valence-corrected chi connectivity index (χ1v) is 12.3. The molecule has 168 valence electrons. The predicted octanol–water partition coefficient (Wildman–Crippen LogP) is 4.87. The number of hydrogen-bond donors (Lipinski definition) is 1. The molecule has 6 nitrogen and oxygen atoms in total. The molecular weight excluding hydrogens is 396 g/mol. The fraction of sp³-hybridized carbons (Fsp3) is 0.500. The van der Waals surface area contributed by atoms with Crippen LogP contribution in [0.15, 0.2) is 48.7 Å². The van der Waals surface area contributed by atoms with Crippen LogP contribution in [0, 0.1) is 0 Å². The lowest BCUT2D eigenvalue weighted by Crippen LogP contribution is -2.35. The molecule has 0 saturated carbocycles. The molecule has 3 aromatic rings. The van der Waals surface area contributed by atoms with Gasteiger partial charge >= 0.3 is 0 Å². The van der Waals surface area contributed by atoms with Crippen molar-refractivity contribution in [3.05, 3.63) is 54.4 Å². The predicted molar refractivity (Wildman–Crippen MR) is 131 cm³/mol. The minimum Gasteiger partial charge on any atom is -0.356 e. The van der Waals surface area contributed by atoms with Gasteiger partial charge in [-0.15, -0.1) is 0 Å². The molecule has 0 radical (unpaired) electrons. The molecule has 0 aliphatic carbocycles. The highest BCUT2D eigenvalue weighted by atomic mass is 15.2. The number of likely N-dealkylation sites (tertiary alicyclic amines) is 1. The lowest BCUT2D eigenvalue weighted by Gasteiger charge is -2.26. The molecule has 2 aromatic heterocycles. The smallest absolute Gasteiger partial charge is 0.225 e. The van der Waals surface area contributed by atoms with E-state index in [4.69, 9.17) is 9.97 Å². The Morgan fingerprint density at radius 2 is 1.66 bits per heavy atom. The van der Waals surface area contributed by atoms with Crippen LogP contribution < -0.4 is 10.2 Å². The Morgan fingerprint density at radius 1 is 0.844 bits per heavy atom. The molecule has 1 atom stereocenters. The van der Waals surface area contributed by atoms with Gasteiger partial charge < -0.3 is 10.2 Å². The summed E-state index contributed by atoms with van der Waals surface area (Å²) in [7, 11) is 0. The molecule has 0 spiro atoms. The van der Waals surface area contributed by atoms with E-state index in [0.29, 0.717) is 6.04 Å². The first kappa shape index (κ1) is 21.1. The summed E-state index contributed by atoms with van der Waals surface area (Å²) in [5.41, 5.74) is 2.17. The van der Waals surface area contributed by atoms with Gasteiger partial charge in [0.25, 0.3) is 0 Å². The summed E-state index contributed by atoms with van der Waals surface area (Å²) < 4.78 is 0. The highest BCUT2D eigenvalue weighted by Crippen LogP contribution is 2.28. The molecule has 0 unspecified atom stereocenters. The fourth-order valence-corrected chi connectivity index (χ4v) is 5.03. The molecule has 2 fully saturated rings. The van der Waals surface area contributed by atoms with Gasteiger partial charge in [0.15, 0.2) is 0 Å². The third kappa shape index (κ3) is 5.18. The van der Waals surface area contributed by atoms with Crippen molar-refractivity contribution in [1.29, 1.82) is 0 Å². The minimum atomic E-state index is 0.347. The van der Waals surface area contributed by atoms with Gasteiger partial charge in [-0.05, 0) is 56.5 Å². The van der Waals surface area contributed by atoms with E-state index in [1.807, 2.05) is 12.3 Å². The SMILES string of the molecule is c1ccc(CN2CCCC[C@H](Nc3nc(N4CCCCCC4)c4ccccc4n3)C2)nc1. The Hall–Kier alpha value is -2.73. The second-order valence-corrected chi connectivity index (χ2v) is 9.18. The Kier molecular flexibility index (Phi) is 6.77. The van der Waals surface area contributed by atoms with E-state index in [1.165, 1.54) is 38.5 Å². The molecule has 1 N–H and O–H groups in total. The summed E-state index contributed by atoms with van der Waals surface area (Å²) in [6, 6.07) is 15.0. The van der Waals surface area contributed by atoms with Crippen LogP contribution >= 0.6 is 0 Å². The third-order valence-corrected chi connectivity index (χ3v) is 6.69. The standard InChI is InChI=1S/C26H34N6/c1-2-9-18-32(17-8-1)25-23-13-3-4-14-24(23)29-26(30-25)28-22-12-6-10-16-31(20-22)19-21-11-5-7-15-27-21/h3-5,7,11,13-15,22H,1-2,6,8-10,12,16-20H2,(H,28,29,30)/t22-/m0/s1. The van der Waals surface area contributed by atoms with Crippen molar-refractivity contribution >= 4 is 22.7 Å². The Morgan fingerprint density at radius 3 is 2.50 bits per heavy atom. The molecule has 4 heterocycles. The molecule has 0 bridgehead atoms. The summed E-state index contributed by atoms with van der Waals surface area (Å²) in [5.74, 6) is 1.87. The van der Waals surface area contributed by atoms with Crippen LogP contribution in [0.2, 0.25) is 0 Å². The van der Waals surface area contributed by atoms with Crippen molar-refractivity contribution in [3.63, 3.8) is 0 Å². The number of hydrogen-bond acceptors (Lipinski definition) is 6. The van der Waals surface area contributed by atoms with E-state index in [-0.39, 0.29) is 0 Å². The van der Waals surface area contributed by atoms with E-state index in [1.54, 1.807) is 0 Å². The molecule has 32 heavy (non-hydrogen) atoms. The van der Waals surface area contributed by atoms with Crippen LogP contribution in [0.5, 0.6) is 0 Å². The first-order chi connectivity index (χ1) is 15.8. The monoisotopic (exact) mass is 430 g/mol. The van der Waals surface area contributed by atoms with Crippen molar-refractivity contribution in [2.75, 3.05) is 36.4 Å². The lowest BCUT2D eigenvalue weighted by atomic mass is 10.1. The van der Waals surface area contributed by atoms with E-state index >= 15 is 0 Å². The minimum absolute atomic E-state index is 0.347. The maximum absolute atomic E-state index is 5.07. The Bertz CT molecular complexity index is 1000. The van der Waals surface area contributed by atoms with E-state index in [9.17, 15) is 0 Å². The number of aromatic nitrogens is 3. The lowest BCUT2D eigenvalue weighted by molar-refractivity contribution is 0.266. The third-order valence-electron chi connectivity index (χ3n) is 6.69. The van der Waals surface area contributed by atoms with Crippen molar-refractivity contribution in [2.45, 2.75) is 57.5 Å². The van der Waals surface area contributed by atoms with Gasteiger partial charge in [-0.3, -0.25) is 9.88 Å². The summed E-state index contributed by atoms with van der Waals surface area (Å²) in [4.78, 5) is 19.5.